The number of anilines is 2. The summed E-state index contributed by atoms with van der Waals surface area (Å²) >= 11 is 0. The Hall–Kier alpha value is -1.62. The van der Waals surface area contributed by atoms with Crippen LogP contribution in [0.4, 0.5) is 11.5 Å². The van der Waals surface area contributed by atoms with Crippen molar-refractivity contribution >= 4 is 17.4 Å². The summed E-state index contributed by atoms with van der Waals surface area (Å²) < 4.78 is 0. The van der Waals surface area contributed by atoms with Crippen LogP contribution < -0.4 is 16.0 Å². The van der Waals surface area contributed by atoms with Crippen molar-refractivity contribution in [2.45, 2.75) is 50.5 Å². The summed E-state index contributed by atoms with van der Waals surface area (Å²) in [6.45, 7) is 2.16. The minimum atomic E-state index is -0.273. The number of carbonyl (C=O) groups is 1. The Morgan fingerprint density at radius 2 is 2.00 bits per heavy atom. The van der Waals surface area contributed by atoms with Gasteiger partial charge in [0, 0.05) is 25.0 Å². The van der Waals surface area contributed by atoms with E-state index in [9.17, 15) is 4.79 Å². The number of nitrogens with one attached hydrogen (secondary N) is 1. The van der Waals surface area contributed by atoms with Gasteiger partial charge < -0.3 is 16.0 Å². The zero-order chi connectivity index (χ0) is 14.7. The number of rotatable bonds is 4. The van der Waals surface area contributed by atoms with E-state index in [1.807, 2.05) is 12.1 Å². The second-order valence-corrected chi connectivity index (χ2v) is 6.39. The van der Waals surface area contributed by atoms with E-state index in [2.05, 4.69) is 15.2 Å². The smallest absolute Gasteiger partial charge is 0.226 e. The molecule has 0 aromatic carbocycles. The number of nitrogens with zero attached hydrogens (tertiary/aromatic N) is 2. The summed E-state index contributed by atoms with van der Waals surface area (Å²) in [5.41, 5.74) is 6.58. The number of hydrogen-bond donors (Lipinski definition) is 2. The van der Waals surface area contributed by atoms with Gasteiger partial charge in [-0.2, -0.15) is 0 Å². The monoisotopic (exact) mass is 288 g/mol. The minimum absolute atomic E-state index is 0.00952. The summed E-state index contributed by atoms with van der Waals surface area (Å²) in [5, 5.41) is 2.90. The van der Waals surface area contributed by atoms with Crippen LogP contribution in [0.1, 0.15) is 44.9 Å². The van der Waals surface area contributed by atoms with Crippen molar-refractivity contribution in [3.63, 3.8) is 0 Å². The fourth-order valence-corrected chi connectivity index (χ4v) is 3.10. The molecular formula is C16H24N4O. The van der Waals surface area contributed by atoms with Crippen molar-refractivity contribution in [1.29, 1.82) is 0 Å². The van der Waals surface area contributed by atoms with Gasteiger partial charge in [0.25, 0.3) is 0 Å². The fraction of sp³-hybridized carbons (Fsp3) is 0.625. The average Bonchev–Trinajstić information content (AvgIpc) is 2.47. The SMILES string of the molecule is NC1(CC(=O)Nc2ccc(N3CCCCC3)nc2)CCC1. The van der Waals surface area contributed by atoms with Crippen molar-refractivity contribution in [2.75, 3.05) is 23.3 Å². The predicted molar refractivity (Wildman–Crippen MR) is 84.3 cm³/mol. The number of pyridine rings is 1. The maximum atomic E-state index is 12.0. The standard InChI is InChI=1S/C16H24N4O/c17-16(7-4-8-16)11-15(21)19-13-5-6-14(18-12-13)20-9-2-1-3-10-20/h5-6,12H,1-4,7-11,17H2,(H,19,21). The topological polar surface area (TPSA) is 71.2 Å². The van der Waals surface area contributed by atoms with E-state index in [1.165, 1.54) is 19.3 Å². The highest BCUT2D eigenvalue weighted by Gasteiger charge is 2.34. The quantitative estimate of drug-likeness (QED) is 0.891. The molecule has 1 aliphatic carbocycles. The molecule has 0 radical (unpaired) electrons. The predicted octanol–water partition coefficient (Wildman–Crippen LogP) is 2.28. The Kier molecular flexibility index (Phi) is 4.10. The molecule has 114 valence electrons. The summed E-state index contributed by atoms with van der Waals surface area (Å²) in [5.74, 6) is 0.992. The van der Waals surface area contributed by atoms with Gasteiger partial charge in [-0.25, -0.2) is 4.98 Å². The van der Waals surface area contributed by atoms with E-state index in [0.717, 1.165) is 43.9 Å². The zero-order valence-electron chi connectivity index (χ0n) is 12.5. The largest absolute Gasteiger partial charge is 0.357 e. The van der Waals surface area contributed by atoms with Crippen LogP contribution in [-0.4, -0.2) is 29.5 Å². The molecule has 2 heterocycles. The molecule has 0 atom stereocenters. The molecule has 1 aliphatic heterocycles. The van der Waals surface area contributed by atoms with Crippen LogP contribution in [0.15, 0.2) is 18.3 Å². The molecule has 0 bridgehead atoms. The van der Waals surface area contributed by atoms with Crippen molar-refractivity contribution in [3.05, 3.63) is 18.3 Å². The lowest BCUT2D eigenvalue weighted by atomic mass is 9.75. The van der Waals surface area contributed by atoms with Gasteiger partial charge in [0.2, 0.25) is 5.91 Å². The molecule has 1 amide bonds. The van der Waals surface area contributed by atoms with Crippen LogP contribution in [0.2, 0.25) is 0 Å². The molecule has 3 N–H and O–H groups in total. The van der Waals surface area contributed by atoms with Gasteiger partial charge in [0.1, 0.15) is 5.82 Å². The highest BCUT2D eigenvalue weighted by molar-refractivity contribution is 5.91. The molecule has 0 spiro atoms. The summed E-state index contributed by atoms with van der Waals surface area (Å²) in [7, 11) is 0. The van der Waals surface area contributed by atoms with Gasteiger partial charge in [-0.1, -0.05) is 0 Å². The number of nitrogens with two attached hydrogens (primary N) is 1. The zero-order valence-corrected chi connectivity index (χ0v) is 12.5. The summed E-state index contributed by atoms with van der Waals surface area (Å²) in [6, 6.07) is 3.92. The molecule has 5 heteroatoms. The van der Waals surface area contributed by atoms with E-state index in [-0.39, 0.29) is 11.4 Å². The lowest BCUT2D eigenvalue weighted by Crippen LogP contribution is -2.48. The second-order valence-electron chi connectivity index (χ2n) is 6.39. The molecule has 1 saturated carbocycles. The van der Waals surface area contributed by atoms with E-state index >= 15 is 0 Å². The number of aromatic nitrogens is 1. The van der Waals surface area contributed by atoms with E-state index in [1.54, 1.807) is 6.20 Å². The van der Waals surface area contributed by atoms with E-state index in [4.69, 9.17) is 5.73 Å². The Morgan fingerprint density at radius 1 is 1.24 bits per heavy atom. The fourth-order valence-electron chi connectivity index (χ4n) is 3.10. The maximum absolute atomic E-state index is 12.0. The third kappa shape index (κ3) is 3.53. The summed E-state index contributed by atoms with van der Waals surface area (Å²) in [6.07, 6.45) is 8.96. The number of hydrogen-bond acceptors (Lipinski definition) is 4. The Morgan fingerprint density at radius 3 is 2.57 bits per heavy atom. The molecule has 5 nitrogen and oxygen atoms in total. The van der Waals surface area contributed by atoms with Crippen LogP contribution >= 0.6 is 0 Å². The number of piperidine rings is 1. The van der Waals surface area contributed by atoms with Crippen LogP contribution in [0.3, 0.4) is 0 Å². The first-order valence-electron chi connectivity index (χ1n) is 7.94. The van der Waals surface area contributed by atoms with E-state index in [0.29, 0.717) is 6.42 Å². The summed E-state index contributed by atoms with van der Waals surface area (Å²) in [4.78, 5) is 18.7. The second kappa shape index (κ2) is 6.02. The Balaban J connectivity index is 1.55. The molecule has 1 saturated heterocycles. The molecule has 21 heavy (non-hydrogen) atoms. The van der Waals surface area contributed by atoms with Gasteiger partial charge >= 0.3 is 0 Å². The molecule has 2 fully saturated rings. The molecular weight excluding hydrogens is 264 g/mol. The van der Waals surface area contributed by atoms with Crippen LogP contribution in [-0.2, 0) is 4.79 Å². The van der Waals surface area contributed by atoms with Gasteiger partial charge in [-0.15, -0.1) is 0 Å². The average molecular weight is 288 g/mol. The first kappa shape index (κ1) is 14.3. The van der Waals surface area contributed by atoms with Crippen LogP contribution in [0, 0.1) is 0 Å². The van der Waals surface area contributed by atoms with Gasteiger partial charge in [-0.05, 0) is 50.7 Å². The van der Waals surface area contributed by atoms with E-state index < -0.39 is 0 Å². The third-order valence-electron chi connectivity index (χ3n) is 4.57. The Labute approximate surface area is 125 Å². The van der Waals surface area contributed by atoms with Crippen molar-refractivity contribution in [1.82, 2.24) is 4.98 Å². The lowest BCUT2D eigenvalue weighted by molar-refractivity contribution is -0.118. The van der Waals surface area contributed by atoms with Crippen molar-refractivity contribution in [2.24, 2.45) is 5.73 Å². The van der Waals surface area contributed by atoms with Crippen molar-refractivity contribution < 1.29 is 4.79 Å². The highest BCUT2D eigenvalue weighted by atomic mass is 16.1. The maximum Gasteiger partial charge on any atom is 0.226 e. The normalized spacial score (nSPS) is 20.7. The first-order chi connectivity index (χ1) is 10.1. The number of amides is 1. The van der Waals surface area contributed by atoms with Crippen LogP contribution in [0.5, 0.6) is 0 Å². The molecule has 0 unspecified atom stereocenters. The lowest BCUT2D eigenvalue weighted by Gasteiger charge is -2.37. The van der Waals surface area contributed by atoms with Gasteiger partial charge in [0.15, 0.2) is 0 Å². The molecule has 2 aliphatic rings. The van der Waals surface area contributed by atoms with Gasteiger partial charge in [0.05, 0.1) is 11.9 Å². The number of carbonyl (C=O) groups excluding carboxylic acids is 1. The Bertz CT molecular complexity index is 490. The molecule has 3 rings (SSSR count). The van der Waals surface area contributed by atoms with Crippen LogP contribution in [0.25, 0.3) is 0 Å². The minimum Gasteiger partial charge on any atom is -0.357 e. The third-order valence-corrected chi connectivity index (χ3v) is 4.57. The molecule has 1 aromatic rings. The first-order valence-corrected chi connectivity index (χ1v) is 7.94. The van der Waals surface area contributed by atoms with Crippen molar-refractivity contribution in [3.8, 4) is 0 Å². The highest BCUT2D eigenvalue weighted by Crippen LogP contribution is 2.32. The molecule has 1 aromatic heterocycles. The van der Waals surface area contributed by atoms with Gasteiger partial charge in [-0.3, -0.25) is 4.79 Å².